The molecule has 20 heavy (non-hydrogen) atoms. The molecule has 108 valence electrons. The second kappa shape index (κ2) is 5.35. The van der Waals surface area contributed by atoms with Crippen molar-refractivity contribution in [1.29, 1.82) is 10.5 Å². The third kappa shape index (κ3) is 2.12. The van der Waals surface area contributed by atoms with Crippen molar-refractivity contribution >= 4 is 0 Å². The van der Waals surface area contributed by atoms with Gasteiger partial charge in [0.1, 0.15) is 11.1 Å². The minimum atomic E-state index is -0.193. The van der Waals surface area contributed by atoms with E-state index in [4.69, 9.17) is 0 Å². The molecule has 4 nitrogen and oxygen atoms in total. The lowest BCUT2D eigenvalue weighted by atomic mass is 9.93. The summed E-state index contributed by atoms with van der Waals surface area (Å²) in [5.41, 5.74) is -0.386. The highest BCUT2D eigenvalue weighted by atomic mass is 15.3. The van der Waals surface area contributed by atoms with Gasteiger partial charge in [-0.2, -0.15) is 10.5 Å². The Morgan fingerprint density at radius 1 is 0.600 bits per heavy atom. The fraction of sp³-hybridized carbons (Fsp3) is 0.875. The van der Waals surface area contributed by atoms with E-state index in [1.54, 1.807) is 0 Å². The third-order valence-electron chi connectivity index (χ3n) is 5.77. The molecule has 0 aromatic rings. The summed E-state index contributed by atoms with van der Waals surface area (Å²) in [6.07, 6.45) is 8.90. The van der Waals surface area contributed by atoms with Gasteiger partial charge < -0.3 is 0 Å². The molecule has 0 aromatic carbocycles. The Morgan fingerprint density at radius 3 is 1.15 bits per heavy atom. The predicted molar refractivity (Wildman–Crippen MR) is 76.8 cm³/mol. The molecule has 0 bridgehead atoms. The molecule has 4 heteroatoms. The van der Waals surface area contributed by atoms with Crippen LogP contribution >= 0.6 is 0 Å². The first-order valence-electron chi connectivity index (χ1n) is 8.07. The molecule has 0 atom stereocenters. The fourth-order valence-corrected chi connectivity index (χ4v) is 4.48. The molecule has 0 spiro atoms. The van der Waals surface area contributed by atoms with Crippen LogP contribution in [0.3, 0.4) is 0 Å². The number of nitrogens with zero attached hydrogens (tertiary/aromatic N) is 4. The smallest absolute Gasteiger partial charge is 0.109 e. The first kappa shape index (κ1) is 13.9. The summed E-state index contributed by atoms with van der Waals surface area (Å²) in [5.74, 6) is 0. The highest BCUT2D eigenvalue weighted by Gasteiger charge is 2.45. The predicted octanol–water partition coefficient (Wildman–Crippen LogP) is 2.28. The number of hydrogen-bond acceptors (Lipinski definition) is 4. The van der Waals surface area contributed by atoms with Gasteiger partial charge in [0.2, 0.25) is 0 Å². The summed E-state index contributed by atoms with van der Waals surface area (Å²) < 4.78 is 0. The molecule has 1 heterocycles. The minimum absolute atomic E-state index is 0.193. The summed E-state index contributed by atoms with van der Waals surface area (Å²) >= 11 is 0. The van der Waals surface area contributed by atoms with Crippen molar-refractivity contribution in [1.82, 2.24) is 9.80 Å². The molecule has 0 radical (unpaired) electrons. The van der Waals surface area contributed by atoms with Crippen molar-refractivity contribution in [3.05, 3.63) is 0 Å². The highest BCUT2D eigenvalue weighted by Crippen LogP contribution is 2.38. The van der Waals surface area contributed by atoms with Crippen molar-refractivity contribution in [2.24, 2.45) is 0 Å². The molecule has 0 amide bonds. The average molecular weight is 272 g/mol. The van der Waals surface area contributed by atoms with Crippen LogP contribution in [0.5, 0.6) is 0 Å². The summed E-state index contributed by atoms with van der Waals surface area (Å²) in [4.78, 5) is 4.80. The van der Waals surface area contributed by atoms with Crippen molar-refractivity contribution in [3.8, 4) is 12.1 Å². The van der Waals surface area contributed by atoms with Gasteiger partial charge in [0.25, 0.3) is 0 Å². The number of hydrogen-bond donors (Lipinski definition) is 0. The molecule has 2 aliphatic carbocycles. The molecule has 0 unspecified atom stereocenters. The zero-order valence-corrected chi connectivity index (χ0v) is 12.3. The van der Waals surface area contributed by atoms with E-state index in [1.165, 1.54) is 25.7 Å². The van der Waals surface area contributed by atoms with Crippen LogP contribution in [-0.4, -0.2) is 47.1 Å². The highest BCUT2D eigenvalue weighted by molar-refractivity contribution is 5.15. The first-order valence-corrected chi connectivity index (χ1v) is 8.07. The van der Waals surface area contributed by atoms with Crippen LogP contribution in [-0.2, 0) is 0 Å². The van der Waals surface area contributed by atoms with Gasteiger partial charge in [-0.25, -0.2) is 0 Å². The summed E-state index contributed by atoms with van der Waals surface area (Å²) in [6, 6.07) is 5.19. The Morgan fingerprint density at radius 2 is 0.900 bits per heavy atom. The van der Waals surface area contributed by atoms with E-state index in [-0.39, 0.29) is 11.1 Å². The summed E-state index contributed by atoms with van der Waals surface area (Å²) in [6.45, 7) is 3.82. The van der Waals surface area contributed by atoms with Crippen LogP contribution in [0.1, 0.15) is 51.4 Å². The Kier molecular flexibility index (Phi) is 3.71. The monoisotopic (exact) mass is 272 g/mol. The zero-order chi connectivity index (χ0) is 14.1. The van der Waals surface area contributed by atoms with Crippen LogP contribution < -0.4 is 0 Å². The van der Waals surface area contributed by atoms with Crippen molar-refractivity contribution in [2.45, 2.75) is 62.4 Å². The van der Waals surface area contributed by atoms with E-state index in [0.29, 0.717) is 0 Å². The van der Waals surface area contributed by atoms with Crippen LogP contribution in [0.2, 0.25) is 0 Å². The third-order valence-corrected chi connectivity index (χ3v) is 5.77. The molecule has 2 saturated carbocycles. The average Bonchev–Trinajstić information content (AvgIpc) is 3.18. The topological polar surface area (TPSA) is 54.1 Å². The second-order valence-corrected chi connectivity index (χ2v) is 6.68. The van der Waals surface area contributed by atoms with Crippen molar-refractivity contribution < 1.29 is 0 Å². The molecular weight excluding hydrogens is 248 g/mol. The molecule has 3 aliphatic rings. The largest absolute Gasteiger partial charge is 0.283 e. The van der Waals surface area contributed by atoms with Crippen LogP contribution in [0.4, 0.5) is 0 Å². The van der Waals surface area contributed by atoms with Crippen molar-refractivity contribution in [3.63, 3.8) is 0 Å². The van der Waals surface area contributed by atoms with E-state index in [0.717, 1.165) is 51.9 Å². The Bertz CT molecular complexity index is 382. The normalized spacial score (nSPS) is 29.9. The lowest BCUT2D eigenvalue weighted by Crippen LogP contribution is -2.60. The first-order chi connectivity index (χ1) is 9.75. The Hall–Kier alpha value is -1.10. The fourth-order valence-electron chi connectivity index (χ4n) is 4.48. The Labute approximate surface area is 122 Å². The van der Waals surface area contributed by atoms with Crippen LogP contribution in [0.25, 0.3) is 0 Å². The summed E-state index contributed by atoms with van der Waals surface area (Å²) in [7, 11) is 0. The van der Waals surface area contributed by atoms with Gasteiger partial charge in [-0.3, -0.25) is 9.80 Å². The van der Waals surface area contributed by atoms with Gasteiger partial charge in [0.15, 0.2) is 0 Å². The van der Waals surface area contributed by atoms with E-state index in [9.17, 15) is 10.5 Å². The quantitative estimate of drug-likeness (QED) is 0.774. The summed E-state index contributed by atoms with van der Waals surface area (Å²) in [5, 5.41) is 19.2. The molecule has 0 aromatic heterocycles. The van der Waals surface area contributed by atoms with Gasteiger partial charge in [-0.15, -0.1) is 0 Å². The van der Waals surface area contributed by atoms with Gasteiger partial charge in [-0.05, 0) is 25.7 Å². The van der Waals surface area contributed by atoms with Crippen LogP contribution in [0, 0.1) is 22.7 Å². The van der Waals surface area contributed by atoms with Gasteiger partial charge in [-0.1, -0.05) is 25.7 Å². The van der Waals surface area contributed by atoms with Gasteiger partial charge in [0.05, 0.1) is 12.1 Å². The SMILES string of the molecule is N#CC1(N2CCN(C3(C#N)CCCC3)CC2)CCCC1. The van der Waals surface area contributed by atoms with E-state index >= 15 is 0 Å². The molecule has 3 fully saturated rings. The lowest BCUT2D eigenvalue weighted by molar-refractivity contribution is 0.0258. The molecule has 0 N–H and O–H groups in total. The van der Waals surface area contributed by atoms with Crippen LogP contribution in [0.15, 0.2) is 0 Å². The second-order valence-electron chi connectivity index (χ2n) is 6.68. The Balaban J connectivity index is 1.65. The van der Waals surface area contributed by atoms with Gasteiger partial charge in [0, 0.05) is 26.2 Å². The van der Waals surface area contributed by atoms with E-state index in [2.05, 4.69) is 21.9 Å². The molecule has 3 rings (SSSR count). The zero-order valence-electron chi connectivity index (χ0n) is 12.3. The maximum absolute atomic E-state index is 9.59. The van der Waals surface area contributed by atoms with Gasteiger partial charge >= 0.3 is 0 Å². The minimum Gasteiger partial charge on any atom is -0.283 e. The molecule has 1 aliphatic heterocycles. The number of rotatable bonds is 2. The van der Waals surface area contributed by atoms with E-state index < -0.39 is 0 Å². The maximum atomic E-state index is 9.59. The molecule has 1 saturated heterocycles. The molecular formula is C16H24N4. The maximum Gasteiger partial charge on any atom is 0.109 e. The van der Waals surface area contributed by atoms with Crippen molar-refractivity contribution in [2.75, 3.05) is 26.2 Å². The standard InChI is InChI=1S/C16H24N4/c17-13-15(5-1-2-6-15)19-9-11-20(12-10-19)16(14-18)7-3-4-8-16/h1-12H2. The number of nitriles is 2. The number of piperazine rings is 1. The van der Waals surface area contributed by atoms with E-state index in [1.807, 2.05) is 0 Å². The lowest BCUT2D eigenvalue weighted by Gasteiger charge is -2.46.